The van der Waals surface area contributed by atoms with E-state index in [4.69, 9.17) is 0 Å². The Morgan fingerprint density at radius 2 is 2.08 bits per heavy atom. The molecule has 0 spiro atoms. The molecule has 1 rings (SSSR count). The molecule has 1 amide bonds. The van der Waals surface area contributed by atoms with Crippen molar-refractivity contribution in [2.45, 2.75) is 47.1 Å². The molecular weight excluding hydrogens is 162 g/mol. The summed E-state index contributed by atoms with van der Waals surface area (Å²) in [6.45, 7) is 10.8. The summed E-state index contributed by atoms with van der Waals surface area (Å²) in [6, 6.07) is 0.310. The van der Waals surface area contributed by atoms with Crippen molar-refractivity contribution in [3.8, 4) is 0 Å². The van der Waals surface area contributed by atoms with Crippen LogP contribution in [0, 0.1) is 17.3 Å². The molecular formula is C11H21NO. The molecule has 0 saturated carbocycles. The summed E-state index contributed by atoms with van der Waals surface area (Å²) in [6.07, 6.45) is 1.14. The first-order chi connectivity index (χ1) is 5.94. The van der Waals surface area contributed by atoms with Gasteiger partial charge in [0, 0.05) is 17.4 Å². The summed E-state index contributed by atoms with van der Waals surface area (Å²) >= 11 is 0. The summed E-state index contributed by atoms with van der Waals surface area (Å²) < 4.78 is 0. The molecule has 2 nitrogen and oxygen atoms in total. The van der Waals surface area contributed by atoms with E-state index < -0.39 is 0 Å². The van der Waals surface area contributed by atoms with Gasteiger partial charge in [-0.3, -0.25) is 4.79 Å². The van der Waals surface area contributed by atoms with E-state index in [1.165, 1.54) is 0 Å². The minimum Gasteiger partial charge on any atom is -0.353 e. The Morgan fingerprint density at radius 1 is 1.54 bits per heavy atom. The predicted molar refractivity (Wildman–Crippen MR) is 54.3 cm³/mol. The van der Waals surface area contributed by atoms with Crippen LogP contribution in [0.2, 0.25) is 0 Å². The monoisotopic (exact) mass is 183 g/mol. The summed E-state index contributed by atoms with van der Waals surface area (Å²) in [5.74, 6) is 0.962. The van der Waals surface area contributed by atoms with Crippen LogP contribution in [0.15, 0.2) is 0 Å². The lowest BCUT2D eigenvalue weighted by Gasteiger charge is -2.37. The van der Waals surface area contributed by atoms with Crippen molar-refractivity contribution in [2.75, 3.05) is 0 Å². The normalized spacial score (nSPS) is 41.8. The molecule has 13 heavy (non-hydrogen) atoms. The molecule has 1 fully saturated rings. The number of rotatable bonds is 2. The fourth-order valence-corrected chi connectivity index (χ4v) is 2.44. The minimum atomic E-state index is 0.131. The van der Waals surface area contributed by atoms with Crippen LogP contribution in [-0.2, 0) is 4.79 Å². The number of amides is 1. The number of carbonyl (C=O) groups excluding carboxylic acids is 1. The molecule has 0 aromatic carbocycles. The Morgan fingerprint density at radius 3 is 2.38 bits per heavy atom. The van der Waals surface area contributed by atoms with Crippen molar-refractivity contribution >= 4 is 5.91 Å². The zero-order valence-corrected chi connectivity index (χ0v) is 9.35. The Balaban J connectivity index is 2.93. The third-order valence-corrected chi connectivity index (χ3v) is 4.29. The van der Waals surface area contributed by atoms with Gasteiger partial charge in [-0.15, -0.1) is 0 Å². The van der Waals surface area contributed by atoms with Crippen LogP contribution in [0.3, 0.4) is 0 Å². The zero-order chi connectivity index (χ0) is 10.2. The van der Waals surface area contributed by atoms with Crippen LogP contribution in [0.1, 0.15) is 41.0 Å². The highest BCUT2D eigenvalue weighted by molar-refractivity contribution is 5.82. The molecule has 76 valence electrons. The van der Waals surface area contributed by atoms with E-state index in [0.29, 0.717) is 12.0 Å². The third-order valence-electron chi connectivity index (χ3n) is 4.29. The number of carbonyl (C=O) groups is 1. The van der Waals surface area contributed by atoms with Gasteiger partial charge in [0.15, 0.2) is 0 Å². The quantitative estimate of drug-likeness (QED) is 0.698. The summed E-state index contributed by atoms with van der Waals surface area (Å²) in [5, 5.41) is 3.03. The average Bonchev–Trinajstić information content (AvgIpc) is 2.30. The molecule has 1 aliphatic heterocycles. The average molecular weight is 183 g/mol. The Labute approximate surface area is 81.1 Å². The smallest absolute Gasteiger partial charge is 0.223 e. The Bertz CT molecular complexity index is 214. The summed E-state index contributed by atoms with van der Waals surface area (Å²) in [4.78, 5) is 11.5. The Kier molecular flexibility index (Phi) is 2.69. The zero-order valence-electron chi connectivity index (χ0n) is 9.35. The first-order valence-electron chi connectivity index (χ1n) is 5.24. The molecule has 0 aliphatic carbocycles. The summed E-state index contributed by atoms with van der Waals surface area (Å²) in [7, 11) is 0. The van der Waals surface area contributed by atoms with Crippen LogP contribution in [-0.4, -0.2) is 11.9 Å². The van der Waals surface area contributed by atoms with Crippen LogP contribution >= 0.6 is 0 Å². The lowest BCUT2D eigenvalue weighted by atomic mass is 9.66. The SMILES string of the molecule is CCC(C)C1(C)C(C)NC(=O)C1C. The van der Waals surface area contributed by atoms with Crippen molar-refractivity contribution < 1.29 is 4.79 Å². The highest BCUT2D eigenvalue weighted by atomic mass is 16.2. The highest BCUT2D eigenvalue weighted by Gasteiger charge is 2.49. The van der Waals surface area contributed by atoms with E-state index in [9.17, 15) is 4.79 Å². The van der Waals surface area contributed by atoms with Crippen LogP contribution in [0.4, 0.5) is 0 Å². The first-order valence-corrected chi connectivity index (χ1v) is 5.24. The number of hydrogen-bond acceptors (Lipinski definition) is 1. The standard InChI is InChI=1S/C11H21NO/c1-6-7(2)11(5)8(3)10(13)12-9(11)4/h7-9H,6H2,1-5H3,(H,12,13). The van der Waals surface area contributed by atoms with Crippen molar-refractivity contribution in [3.63, 3.8) is 0 Å². The molecule has 4 unspecified atom stereocenters. The fourth-order valence-electron chi connectivity index (χ4n) is 2.44. The van der Waals surface area contributed by atoms with Gasteiger partial charge in [-0.25, -0.2) is 0 Å². The van der Waals surface area contributed by atoms with E-state index >= 15 is 0 Å². The van der Waals surface area contributed by atoms with E-state index in [1.807, 2.05) is 6.92 Å². The molecule has 0 radical (unpaired) electrons. The topological polar surface area (TPSA) is 29.1 Å². The Hall–Kier alpha value is -0.530. The van der Waals surface area contributed by atoms with E-state index in [2.05, 4.69) is 33.0 Å². The molecule has 1 aliphatic rings. The lowest BCUT2D eigenvalue weighted by molar-refractivity contribution is -0.123. The van der Waals surface area contributed by atoms with E-state index in [0.717, 1.165) is 6.42 Å². The minimum absolute atomic E-state index is 0.131. The van der Waals surface area contributed by atoms with Crippen molar-refractivity contribution in [1.82, 2.24) is 5.32 Å². The van der Waals surface area contributed by atoms with Gasteiger partial charge in [-0.2, -0.15) is 0 Å². The molecule has 1 N–H and O–H groups in total. The van der Waals surface area contributed by atoms with Crippen molar-refractivity contribution in [1.29, 1.82) is 0 Å². The van der Waals surface area contributed by atoms with Gasteiger partial charge < -0.3 is 5.32 Å². The van der Waals surface area contributed by atoms with Crippen molar-refractivity contribution in [3.05, 3.63) is 0 Å². The maximum absolute atomic E-state index is 11.5. The van der Waals surface area contributed by atoms with E-state index in [1.54, 1.807) is 0 Å². The molecule has 0 aromatic rings. The molecule has 1 saturated heterocycles. The van der Waals surface area contributed by atoms with Gasteiger partial charge >= 0.3 is 0 Å². The molecule has 1 heterocycles. The van der Waals surface area contributed by atoms with Crippen LogP contribution in [0.25, 0.3) is 0 Å². The van der Waals surface area contributed by atoms with Crippen LogP contribution < -0.4 is 5.32 Å². The second kappa shape index (κ2) is 3.32. The van der Waals surface area contributed by atoms with Gasteiger partial charge in [0.2, 0.25) is 5.91 Å². The van der Waals surface area contributed by atoms with Gasteiger partial charge in [0.1, 0.15) is 0 Å². The van der Waals surface area contributed by atoms with Gasteiger partial charge in [0.25, 0.3) is 0 Å². The molecule has 2 heteroatoms. The van der Waals surface area contributed by atoms with E-state index in [-0.39, 0.29) is 17.2 Å². The molecule has 4 atom stereocenters. The maximum atomic E-state index is 11.5. The second-order valence-electron chi connectivity index (χ2n) is 4.63. The summed E-state index contributed by atoms with van der Waals surface area (Å²) in [5.41, 5.74) is 0.131. The van der Waals surface area contributed by atoms with Crippen LogP contribution in [0.5, 0.6) is 0 Å². The molecule has 0 bridgehead atoms. The van der Waals surface area contributed by atoms with Gasteiger partial charge in [-0.05, 0) is 12.8 Å². The second-order valence-corrected chi connectivity index (χ2v) is 4.63. The number of nitrogens with one attached hydrogen (secondary N) is 1. The third kappa shape index (κ3) is 1.36. The highest BCUT2D eigenvalue weighted by Crippen LogP contribution is 2.44. The lowest BCUT2D eigenvalue weighted by Crippen LogP contribution is -2.39. The number of hydrogen-bond donors (Lipinski definition) is 1. The molecule has 0 aromatic heterocycles. The maximum Gasteiger partial charge on any atom is 0.223 e. The van der Waals surface area contributed by atoms with Gasteiger partial charge in [0.05, 0.1) is 0 Å². The largest absolute Gasteiger partial charge is 0.353 e. The van der Waals surface area contributed by atoms with Crippen molar-refractivity contribution in [2.24, 2.45) is 17.3 Å². The van der Waals surface area contributed by atoms with Gasteiger partial charge in [-0.1, -0.05) is 34.1 Å². The fraction of sp³-hybridized carbons (Fsp3) is 0.909. The predicted octanol–water partition coefficient (Wildman–Crippen LogP) is 2.19. The first kappa shape index (κ1) is 10.6.